The van der Waals surface area contributed by atoms with Crippen molar-refractivity contribution in [2.75, 3.05) is 330 Å². The molecule has 12 aromatic heterocycles. The third kappa shape index (κ3) is 36.2. The molecule has 0 fully saturated rings. The molecule has 0 amide bonds. The average Bonchev–Trinajstić information content (AvgIpc) is 0.852. The molecule has 144 heavy (non-hydrogen) atoms. The first-order valence-corrected chi connectivity index (χ1v) is 43.4. The molecule has 0 aliphatic heterocycles. The molecule has 12 aromatic rings. The molecular weight excluding hydrogens is 1900 g/mol. The highest BCUT2D eigenvalue weighted by Gasteiger charge is 2.19. The Balaban J connectivity index is 0.675. The Kier molecular flexibility index (Phi) is 40.4. The number of aromatic nitrogens is 36. The summed E-state index contributed by atoms with van der Waals surface area (Å²) in [4.78, 5) is 155. The van der Waals surface area contributed by atoms with Crippen molar-refractivity contribution in [3.05, 3.63) is 11.6 Å². The van der Waals surface area contributed by atoms with Gasteiger partial charge in [0.05, 0.1) is 46.7 Å². The molecule has 0 atom stereocenters. The third-order valence-corrected chi connectivity index (χ3v) is 17.5. The van der Waals surface area contributed by atoms with E-state index < -0.39 is 53.8 Å². The number of nitrogens with one attached hydrogen (secondary N) is 29. The van der Waals surface area contributed by atoms with Crippen molar-refractivity contribution in [2.45, 2.75) is 51.4 Å². The molecule has 0 aliphatic carbocycles. The molecule has 12 heterocycles. The summed E-state index contributed by atoms with van der Waals surface area (Å²) in [7, 11) is 1.71. The van der Waals surface area contributed by atoms with Gasteiger partial charge in [0.2, 0.25) is 202 Å². The lowest BCUT2D eigenvalue weighted by Crippen LogP contribution is -2.22. The fourth-order valence-corrected chi connectivity index (χ4v) is 11.4. The Hall–Kier alpha value is -19.0. The number of aliphatic hydroxyl groups excluding tert-OH is 8. The van der Waals surface area contributed by atoms with Crippen molar-refractivity contribution in [3.8, 4) is 0 Å². The number of anilines is 34. The van der Waals surface area contributed by atoms with Crippen LogP contribution in [-0.4, -0.2) is 367 Å². The predicted octanol–water partition coefficient (Wildman–Crippen LogP) is -8.18. The van der Waals surface area contributed by atoms with E-state index in [9.17, 15) is 40.9 Å². The SMILES string of the molecule is CNc1nc(CCNc2nc(N)nc(CCNc3nc(N)nc(NCO)n3)n2)nc(NCCCCCNc2nc(NCCCCCNc3nc(NCNc4nc(NCO)nc(NCNc5nc(N)nc(NCO)n5)n4)nc(NCNc4nc(NCNc5nc(N)nc(NCO)n5)nc(NCNc5nc(NCO)nc(NCNc6nc(NCO)nc(NCO)n6)n5)n4)n3)nc(NCNc3nc(N)nc(NCO)n3)n2)n1. The van der Waals surface area contributed by atoms with Gasteiger partial charge in [0, 0.05) is 59.2 Å². The van der Waals surface area contributed by atoms with Crippen molar-refractivity contribution in [2.24, 2.45) is 0 Å². The molecule has 0 saturated heterocycles. The van der Waals surface area contributed by atoms with Crippen molar-refractivity contribution < 1.29 is 40.9 Å². The van der Waals surface area contributed by atoms with Gasteiger partial charge in [-0.1, -0.05) is 0 Å². The fourth-order valence-electron chi connectivity index (χ4n) is 11.4. The second-order valence-corrected chi connectivity index (χ2v) is 27.9. The Morgan fingerprint density at radius 1 is 0.146 bits per heavy atom. The molecule has 47 N–H and O–H groups in total. The van der Waals surface area contributed by atoms with E-state index in [0.29, 0.717) is 94.9 Å². The summed E-state index contributed by atoms with van der Waals surface area (Å²) in [6, 6.07) is 0. The van der Waals surface area contributed by atoms with Gasteiger partial charge in [-0.2, -0.15) is 179 Å². The van der Waals surface area contributed by atoms with Gasteiger partial charge in [-0.3, -0.25) is 0 Å². The summed E-state index contributed by atoms with van der Waals surface area (Å²) in [6.07, 6.45) is 4.90. The van der Waals surface area contributed by atoms with E-state index in [4.69, 9.17) is 28.7 Å². The highest BCUT2D eigenvalue weighted by molar-refractivity contribution is 5.53. The molecule has 0 saturated carbocycles. The number of nitrogens with zero attached hydrogens (tertiary/aromatic N) is 36. The van der Waals surface area contributed by atoms with E-state index in [0.717, 1.165) is 19.3 Å². The maximum atomic E-state index is 9.80. The normalized spacial score (nSPS) is 10.8. The highest BCUT2D eigenvalue weighted by atomic mass is 16.3. The van der Waals surface area contributed by atoms with Gasteiger partial charge in [0.25, 0.3) is 0 Å². The van der Waals surface area contributed by atoms with Gasteiger partial charge in [-0.25, -0.2) is 0 Å². The van der Waals surface area contributed by atoms with Crippen LogP contribution in [0.3, 0.4) is 0 Å². The summed E-state index contributed by atoms with van der Waals surface area (Å²) in [5, 5.41) is 161. The van der Waals surface area contributed by atoms with Gasteiger partial charge in [0.1, 0.15) is 65.5 Å². The van der Waals surface area contributed by atoms with Gasteiger partial charge in [-0.15, -0.1) is 0 Å². The number of unbranched alkanes of at least 4 members (excludes halogenated alkanes) is 4. The number of hydrogen-bond acceptors (Lipinski definition) is 78. The van der Waals surface area contributed by atoms with Crippen molar-refractivity contribution >= 4 is 202 Å². The summed E-state index contributed by atoms with van der Waals surface area (Å²) >= 11 is 0. The summed E-state index contributed by atoms with van der Waals surface area (Å²) in [6.45, 7) is -1.86. The lowest BCUT2D eigenvalue weighted by atomic mass is 10.2. The molecule has 12 rings (SSSR count). The predicted molar refractivity (Wildman–Crippen MR) is 526 cm³/mol. The minimum atomic E-state index is -0.540. The van der Waals surface area contributed by atoms with Crippen LogP contribution in [-0.2, 0) is 12.8 Å². The highest BCUT2D eigenvalue weighted by Crippen LogP contribution is 2.21. The number of nitrogens with two attached hydrogens (primary N) is 5. The summed E-state index contributed by atoms with van der Waals surface area (Å²) in [5.41, 5.74) is 29.5. The van der Waals surface area contributed by atoms with Gasteiger partial charge >= 0.3 is 0 Å². The van der Waals surface area contributed by atoms with Crippen LogP contribution in [0.5, 0.6) is 0 Å². The lowest BCUT2D eigenvalue weighted by molar-refractivity contribution is 0.323. The topological polar surface area (TPSA) is 1100 Å². The Morgan fingerprint density at radius 3 is 0.479 bits per heavy atom. The second kappa shape index (κ2) is 56.0. The molecular formula is C66H108N70O8. The first kappa shape index (κ1) is 104. The van der Waals surface area contributed by atoms with E-state index in [1.807, 2.05) is 0 Å². The number of aliphatic hydroxyl groups is 8. The van der Waals surface area contributed by atoms with E-state index in [1.165, 1.54) is 0 Å². The molecule has 0 aliphatic rings. The molecule has 0 unspecified atom stereocenters. The van der Waals surface area contributed by atoms with E-state index in [2.05, 4.69) is 334 Å². The Morgan fingerprint density at radius 2 is 0.278 bits per heavy atom. The summed E-state index contributed by atoms with van der Waals surface area (Å²) in [5.74, 6) is 3.17. The Labute approximate surface area is 812 Å². The van der Waals surface area contributed by atoms with Crippen LogP contribution in [0, 0.1) is 0 Å². The first-order valence-electron chi connectivity index (χ1n) is 43.4. The molecule has 770 valence electrons. The zero-order chi connectivity index (χ0) is 101. The fraction of sp³-hybridized carbons (Fsp3) is 0.455. The number of rotatable bonds is 69. The maximum Gasteiger partial charge on any atom is 0.231 e. The monoisotopic (exact) mass is 2010 g/mol. The molecule has 0 spiro atoms. The van der Waals surface area contributed by atoms with Gasteiger partial charge in [0.15, 0.2) is 0 Å². The molecule has 0 aromatic carbocycles. The number of nitrogen functional groups attached to an aromatic ring is 5. The van der Waals surface area contributed by atoms with Crippen LogP contribution in [0.1, 0.15) is 50.2 Å². The first-order chi connectivity index (χ1) is 70.3. The summed E-state index contributed by atoms with van der Waals surface area (Å²) < 4.78 is 0. The van der Waals surface area contributed by atoms with Crippen LogP contribution in [0.4, 0.5) is 202 Å². The zero-order valence-electron chi connectivity index (χ0n) is 76.6. The van der Waals surface area contributed by atoms with Crippen LogP contribution in [0.2, 0.25) is 0 Å². The average molecular weight is 2010 g/mol. The minimum Gasteiger partial charge on any atom is -0.376 e. The third-order valence-electron chi connectivity index (χ3n) is 17.5. The Bertz CT molecular complexity index is 5960. The second-order valence-electron chi connectivity index (χ2n) is 27.9. The molecule has 78 heteroatoms. The van der Waals surface area contributed by atoms with Crippen molar-refractivity contribution in [1.82, 2.24) is 179 Å². The van der Waals surface area contributed by atoms with E-state index in [-0.39, 0.29) is 237 Å². The molecule has 78 nitrogen and oxygen atoms in total. The minimum absolute atomic E-state index is 0.000664. The van der Waals surface area contributed by atoms with Crippen molar-refractivity contribution in [3.63, 3.8) is 0 Å². The van der Waals surface area contributed by atoms with E-state index >= 15 is 0 Å². The van der Waals surface area contributed by atoms with Crippen LogP contribution in [0.25, 0.3) is 0 Å². The standard InChI is InChI=1S/C66H108N70O8/c1-72-38-102-32(9-15-77-39-103-31(101-33(67)105-39)8-14-78-41-106-34(68)110-59(115-41)93-23-137)104-40(114-38)73-10-4-2-5-11-74-42-116-43(118-48(117-42)82-16-79-45-107-35(69)111-60(121-45)94-24-138)75-12-6-3-7-13-76-44-119-49(124-50(120-44)86-20-89-55-128-54(130-63(131-55)97-27-141)84-18-81-47-109-37(71)113-62(123-47)96-26-140)85-19-87-52-125-51(83-17-80-46-108-36(70)112-61(122-46)95-25-139)126-53(127-52)88-21-90-56-129-57(133-64(132-56)98-28-142)91-22-92-58-134-65(99-29-143)136-66(135-58)100-30-144/h137-144H,2-30H2,1H3,(H3,67,77,101,103,105)(H2,72,73,102,104,114)(H4,68,78,93,106,110,115)(H4,69,79,94,107,111,121)(H4,70,80,95,108,112,122)(H4,71,81,96,109,113,123)(H3,74,75,82,116,117,118)(H3,76,85,86,119,120,124)(H3,83,87,88,125,126,127)(H3,84,89,97,128,130,131)(H3,90,91,98,129,132,133)(H3,92,99,100,134,135,136). The van der Waals surface area contributed by atoms with Crippen LogP contribution < -0.4 is 183 Å². The lowest BCUT2D eigenvalue weighted by Gasteiger charge is -2.14. The quantitative estimate of drug-likeness (QED) is 0.0124. The van der Waals surface area contributed by atoms with Gasteiger partial charge < -0.3 is 224 Å². The van der Waals surface area contributed by atoms with Crippen molar-refractivity contribution in [1.29, 1.82) is 0 Å². The molecule has 0 radical (unpaired) electrons. The smallest absolute Gasteiger partial charge is 0.231 e. The zero-order valence-corrected chi connectivity index (χ0v) is 76.6. The van der Waals surface area contributed by atoms with Gasteiger partial charge in [-0.05, 0) is 38.5 Å². The molecule has 0 bridgehead atoms. The van der Waals surface area contributed by atoms with Crippen LogP contribution in [0.15, 0.2) is 0 Å². The maximum absolute atomic E-state index is 9.80. The van der Waals surface area contributed by atoms with Crippen LogP contribution >= 0.6 is 0 Å². The largest absolute Gasteiger partial charge is 0.376 e. The van der Waals surface area contributed by atoms with E-state index in [1.54, 1.807) is 7.05 Å². The number of hydrogen-bond donors (Lipinski definition) is 42.